The molecule has 1 N–H and O–H groups in total. The van der Waals surface area contributed by atoms with Crippen molar-refractivity contribution >= 4 is 23.6 Å². The van der Waals surface area contributed by atoms with Crippen LogP contribution in [0.1, 0.15) is 51.2 Å². The highest BCUT2D eigenvalue weighted by molar-refractivity contribution is 6.32. The molecule has 0 aliphatic carbocycles. The second-order valence-electron chi connectivity index (χ2n) is 9.25. The third kappa shape index (κ3) is 8.07. The Kier molecular flexibility index (Phi) is 9.28. The van der Waals surface area contributed by atoms with E-state index in [-0.39, 0.29) is 31.0 Å². The van der Waals surface area contributed by atoms with Crippen LogP contribution in [0.25, 0.3) is 11.1 Å². The van der Waals surface area contributed by atoms with Crippen LogP contribution in [0, 0.1) is 0 Å². The first kappa shape index (κ1) is 26.7. The molecule has 1 atom stereocenters. The highest BCUT2D eigenvalue weighted by Crippen LogP contribution is 2.30. The zero-order valence-electron chi connectivity index (χ0n) is 20.7. The fourth-order valence-electron chi connectivity index (χ4n) is 3.56. The molecule has 0 saturated carbocycles. The molecule has 1 aliphatic rings. The molecular weight excluding hydrogens is 472 g/mol. The summed E-state index contributed by atoms with van der Waals surface area (Å²) in [5.74, 6) is 0.459. The number of carbonyl (C=O) groups excluding carboxylic acids is 2. The molecule has 1 aromatic heterocycles. The number of nitrogens with one attached hydrogen (secondary N) is 1. The average Bonchev–Trinajstić information content (AvgIpc) is 2.81. The van der Waals surface area contributed by atoms with Crippen LogP contribution in [0.5, 0.6) is 5.75 Å². The topological polar surface area (TPSA) is 103 Å². The Morgan fingerprint density at radius 3 is 2.63 bits per heavy atom. The van der Waals surface area contributed by atoms with Crippen molar-refractivity contribution in [2.75, 3.05) is 32.8 Å². The van der Waals surface area contributed by atoms with Gasteiger partial charge in [0.1, 0.15) is 18.0 Å². The lowest BCUT2D eigenvalue weighted by atomic mass is 10.1. The number of ether oxygens (including phenoxy) is 3. The van der Waals surface area contributed by atoms with Gasteiger partial charge < -0.3 is 24.4 Å². The number of aromatic nitrogens is 2. The average molecular weight is 505 g/mol. The van der Waals surface area contributed by atoms with Gasteiger partial charge in [-0.05, 0) is 44.9 Å². The molecule has 10 heteroatoms. The van der Waals surface area contributed by atoms with E-state index in [2.05, 4.69) is 22.2 Å². The number of alkyl carbamates (subject to hydrolysis) is 1. The zero-order valence-corrected chi connectivity index (χ0v) is 21.4. The Morgan fingerprint density at radius 2 is 1.97 bits per heavy atom. The third-order valence-electron chi connectivity index (χ3n) is 5.17. The molecule has 1 aromatic carbocycles. The zero-order chi connectivity index (χ0) is 25.4. The maximum absolute atomic E-state index is 12.8. The molecular formula is C25H33ClN4O5. The number of hydrogen-bond acceptors (Lipinski definition) is 7. The monoisotopic (exact) mass is 504 g/mol. The number of halogens is 1. The SMILES string of the molecule is CCCC1CN(C(=O)c2ncc(-c3ccc(OCCNC(=O)OC(C)(C)C)c(Cl)c3)cn2)CCO1. The van der Waals surface area contributed by atoms with Crippen LogP contribution in [0.4, 0.5) is 4.79 Å². The summed E-state index contributed by atoms with van der Waals surface area (Å²) in [4.78, 5) is 34.8. The first-order valence-corrected chi connectivity index (χ1v) is 12.2. The van der Waals surface area contributed by atoms with Crippen molar-refractivity contribution in [2.45, 2.75) is 52.2 Å². The van der Waals surface area contributed by atoms with E-state index in [1.54, 1.807) is 50.2 Å². The molecule has 190 valence electrons. The van der Waals surface area contributed by atoms with Crippen LogP contribution < -0.4 is 10.1 Å². The van der Waals surface area contributed by atoms with Gasteiger partial charge >= 0.3 is 6.09 Å². The molecule has 0 radical (unpaired) electrons. The predicted molar refractivity (Wildman–Crippen MR) is 133 cm³/mol. The summed E-state index contributed by atoms with van der Waals surface area (Å²) in [7, 11) is 0. The van der Waals surface area contributed by atoms with Crippen LogP contribution in [0.15, 0.2) is 30.6 Å². The summed E-state index contributed by atoms with van der Waals surface area (Å²) in [5.41, 5.74) is 0.967. The first-order valence-electron chi connectivity index (χ1n) is 11.8. The van der Waals surface area contributed by atoms with E-state index in [1.165, 1.54) is 0 Å². The van der Waals surface area contributed by atoms with Gasteiger partial charge in [0, 0.05) is 31.0 Å². The summed E-state index contributed by atoms with van der Waals surface area (Å²) >= 11 is 6.38. The lowest BCUT2D eigenvalue weighted by Crippen LogP contribution is -2.46. The Bertz CT molecular complexity index is 1010. The van der Waals surface area contributed by atoms with Crippen LogP contribution in [0.3, 0.4) is 0 Å². The molecule has 0 spiro atoms. The first-order chi connectivity index (χ1) is 16.7. The molecule has 0 bridgehead atoms. The van der Waals surface area contributed by atoms with Gasteiger partial charge in [-0.2, -0.15) is 0 Å². The smallest absolute Gasteiger partial charge is 0.407 e. The maximum Gasteiger partial charge on any atom is 0.407 e. The molecule has 2 heterocycles. The van der Waals surface area contributed by atoms with E-state index in [0.717, 1.165) is 24.0 Å². The van der Waals surface area contributed by atoms with E-state index in [0.29, 0.717) is 30.5 Å². The Balaban J connectivity index is 1.54. The second kappa shape index (κ2) is 12.2. The predicted octanol–water partition coefficient (Wildman–Crippen LogP) is 4.34. The minimum atomic E-state index is -0.556. The van der Waals surface area contributed by atoms with Gasteiger partial charge in [0.05, 0.1) is 24.3 Å². The van der Waals surface area contributed by atoms with E-state index < -0.39 is 11.7 Å². The number of nitrogens with zero attached hydrogens (tertiary/aromatic N) is 3. The number of benzene rings is 1. The molecule has 1 saturated heterocycles. The molecule has 9 nitrogen and oxygen atoms in total. The molecule has 1 unspecified atom stereocenters. The number of morpholine rings is 1. The van der Waals surface area contributed by atoms with Crippen LogP contribution in [-0.4, -0.2) is 71.4 Å². The maximum atomic E-state index is 12.8. The molecule has 1 fully saturated rings. The van der Waals surface area contributed by atoms with Gasteiger partial charge in [-0.3, -0.25) is 4.79 Å². The molecule has 2 amide bonds. The second-order valence-corrected chi connectivity index (χ2v) is 9.66. The highest BCUT2D eigenvalue weighted by Gasteiger charge is 2.26. The van der Waals surface area contributed by atoms with E-state index in [9.17, 15) is 9.59 Å². The van der Waals surface area contributed by atoms with Gasteiger partial charge in [-0.25, -0.2) is 14.8 Å². The number of hydrogen-bond donors (Lipinski definition) is 1. The van der Waals surface area contributed by atoms with Crippen molar-refractivity contribution in [3.05, 3.63) is 41.4 Å². The van der Waals surface area contributed by atoms with Crippen molar-refractivity contribution in [1.29, 1.82) is 0 Å². The third-order valence-corrected chi connectivity index (χ3v) is 5.47. The molecule has 35 heavy (non-hydrogen) atoms. The van der Waals surface area contributed by atoms with Crippen molar-refractivity contribution in [3.63, 3.8) is 0 Å². The van der Waals surface area contributed by atoms with E-state index >= 15 is 0 Å². The lowest BCUT2D eigenvalue weighted by Gasteiger charge is -2.32. The Morgan fingerprint density at radius 1 is 1.23 bits per heavy atom. The largest absolute Gasteiger partial charge is 0.490 e. The summed E-state index contributed by atoms with van der Waals surface area (Å²) in [6.45, 7) is 9.63. The Labute approximate surface area is 211 Å². The van der Waals surface area contributed by atoms with E-state index in [1.807, 2.05) is 6.07 Å². The standard InChI is InChI=1S/C25H33ClN4O5/c1-5-6-19-16-30(10-12-33-19)23(31)22-28-14-18(15-29-22)17-7-8-21(20(26)13-17)34-11-9-27-24(32)35-25(2,3)4/h7-8,13-15,19H,5-6,9-12,16H2,1-4H3,(H,27,32). The van der Waals surface area contributed by atoms with Gasteiger partial charge in [0.15, 0.2) is 0 Å². The normalized spacial score (nSPS) is 16.0. The molecule has 3 rings (SSSR count). The van der Waals surface area contributed by atoms with Crippen molar-refractivity contribution in [3.8, 4) is 16.9 Å². The minimum absolute atomic E-state index is 0.0629. The number of amides is 2. The van der Waals surface area contributed by atoms with Gasteiger partial charge in [-0.1, -0.05) is 31.0 Å². The van der Waals surface area contributed by atoms with Crippen molar-refractivity contribution < 1.29 is 23.8 Å². The van der Waals surface area contributed by atoms with E-state index in [4.69, 9.17) is 25.8 Å². The fourth-order valence-corrected chi connectivity index (χ4v) is 3.79. The van der Waals surface area contributed by atoms with Crippen LogP contribution >= 0.6 is 11.6 Å². The summed E-state index contributed by atoms with van der Waals surface area (Å²) in [6.07, 6.45) is 4.71. The Hall–Kier alpha value is -2.91. The van der Waals surface area contributed by atoms with Gasteiger partial charge in [0.2, 0.25) is 5.82 Å². The summed E-state index contributed by atoms with van der Waals surface area (Å²) in [5, 5.41) is 3.04. The fraction of sp³-hybridized carbons (Fsp3) is 0.520. The number of rotatable bonds is 8. The summed E-state index contributed by atoms with van der Waals surface area (Å²) in [6, 6.07) is 5.32. The molecule has 2 aromatic rings. The van der Waals surface area contributed by atoms with Crippen molar-refractivity contribution in [1.82, 2.24) is 20.2 Å². The number of carbonyl (C=O) groups is 2. The lowest BCUT2D eigenvalue weighted by molar-refractivity contribution is -0.0254. The van der Waals surface area contributed by atoms with Crippen molar-refractivity contribution in [2.24, 2.45) is 0 Å². The van der Waals surface area contributed by atoms with Crippen LogP contribution in [0.2, 0.25) is 5.02 Å². The quantitative estimate of drug-likeness (QED) is 0.533. The van der Waals surface area contributed by atoms with Crippen LogP contribution in [-0.2, 0) is 9.47 Å². The summed E-state index contributed by atoms with van der Waals surface area (Å²) < 4.78 is 16.5. The highest BCUT2D eigenvalue weighted by atomic mass is 35.5. The van der Waals surface area contributed by atoms with Gasteiger partial charge in [-0.15, -0.1) is 0 Å². The molecule has 1 aliphatic heterocycles. The minimum Gasteiger partial charge on any atom is -0.490 e. The van der Waals surface area contributed by atoms with Gasteiger partial charge in [0.25, 0.3) is 5.91 Å².